The molecule has 3 rings (SSSR count). The van der Waals surface area contributed by atoms with Gasteiger partial charge in [-0.3, -0.25) is 0 Å². The highest BCUT2D eigenvalue weighted by Crippen LogP contribution is 2.12. The smallest absolute Gasteiger partial charge is 0.194 e. The maximum absolute atomic E-state index is 5.40. The van der Waals surface area contributed by atoms with Gasteiger partial charge >= 0.3 is 0 Å². The van der Waals surface area contributed by atoms with E-state index >= 15 is 0 Å². The Labute approximate surface area is 162 Å². The van der Waals surface area contributed by atoms with Crippen molar-refractivity contribution < 1.29 is 4.42 Å². The average Bonchev–Trinajstić information content (AvgIpc) is 3.38. The molecule has 0 radical (unpaired) electrons. The average molecular weight is 389 g/mol. The van der Waals surface area contributed by atoms with Crippen molar-refractivity contribution in [2.75, 3.05) is 20.1 Å². The third kappa shape index (κ3) is 5.71. The van der Waals surface area contributed by atoms with Crippen molar-refractivity contribution in [1.82, 2.24) is 15.2 Å². The zero-order valence-corrected chi connectivity index (χ0v) is 16.8. The minimum absolute atomic E-state index is 0.696. The van der Waals surface area contributed by atoms with Crippen LogP contribution in [0, 0.1) is 6.92 Å². The van der Waals surface area contributed by atoms with Crippen molar-refractivity contribution in [1.29, 1.82) is 0 Å². The van der Waals surface area contributed by atoms with Crippen LogP contribution in [0.4, 0.5) is 0 Å². The molecular formula is C19H24N4OS2. The van der Waals surface area contributed by atoms with Crippen molar-refractivity contribution in [3.63, 3.8) is 0 Å². The quantitative estimate of drug-likeness (QED) is 0.469. The molecule has 0 saturated carbocycles. The summed E-state index contributed by atoms with van der Waals surface area (Å²) in [6.07, 6.45) is 5.41. The van der Waals surface area contributed by atoms with Crippen LogP contribution in [0.1, 0.15) is 20.5 Å². The number of guanidine groups is 1. The van der Waals surface area contributed by atoms with Crippen molar-refractivity contribution >= 4 is 28.6 Å². The molecule has 0 spiro atoms. The molecule has 0 amide bonds. The van der Waals surface area contributed by atoms with E-state index in [1.54, 1.807) is 28.9 Å². The predicted molar refractivity (Wildman–Crippen MR) is 109 cm³/mol. The first kappa shape index (κ1) is 18.7. The lowest BCUT2D eigenvalue weighted by Crippen LogP contribution is -2.40. The molecule has 3 aromatic heterocycles. The van der Waals surface area contributed by atoms with Crippen molar-refractivity contribution in [3.8, 4) is 0 Å². The van der Waals surface area contributed by atoms with Gasteiger partial charge in [0.25, 0.3) is 0 Å². The SMILES string of the molecule is Cc1cnc(CCN(C)C(=NCc2cccs2)NCCc2ccco2)s1. The van der Waals surface area contributed by atoms with E-state index in [2.05, 4.69) is 46.7 Å². The van der Waals surface area contributed by atoms with Gasteiger partial charge in [0.15, 0.2) is 5.96 Å². The third-order valence-corrected chi connectivity index (χ3v) is 5.72. The molecule has 0 saturated heterocycles. The number of furan rings is 1. The summed E-state index contributed by atoms with van der Waals surface area (Å²) in [5.74, 6) is 1.90. The van der Waals surface area contributed by atoms with Gasteiger partial charge in [-0.05, 0) is 30.5 Å². The predicted octanol–water partition coefficient (Wildman–Crippen LogP) is 3.97. The number of likely N-dealkylation sites (N-methyl/N-ethyl adjacent to an activating group) is 1. The van der Waals surface area contributed by atoms with Crippen LogP contribution in [0.25, 0.3) is 0 Å². The Morgan fingerprint density at radius 1 is 1.31 bits per heavy atom. The number of aromatic nitrogens is 1. The second-order valence-corrected chi connectivity index (χ2v) is 8.36. The number of aryl methyl sites for hydroxylation is 1. The van der Waals surface area contributed by atoms with Crippen LogP contribution in [-0.4, -0.2) is 36.0 Å². The fourth-order valence-corrected chi connectivity index (χ4v) is 3.91. The summed E-state index contributed by atoms with van der Waals surface area (Å²) in [6.45, 7) is 4.46. The van der Waals surface area contributed by atoms with E-state index in [0.717, 1.165) is 37.7 Å². The first-order chi connectivity index (χ1) is 12.7. The minimum Gasteiger partial charge on any atom is -0.469 e. The van der Waals surface area contributed by atoms with Gasteiger partial charge in [-0.25, -0.2) is 9.98 Å². The summed E-state index contributed by atoms with van der Waals surface area (Å²) in [5.41, 5.74) is 0. The Bertz CT molecular complexity index is 794. The van der Waals surface area contributed by atoms with Crippen LogP contribution in [-0.2, 0) is 19.4 Å². The van der Waals surface area contributed by atoms with Gasteiger partial charge in [0.05, 0.1) is 17.8 Å². The molecular weight excluding hydrogens is 364 g/mol. The minimum atomic E-state index is 0.696. The first-order valence-electron chi connectivity index (χ1n) is 8.66. The molecule has 0 fully saturated rings. The Morgan fingerprint density at radius 3 is 2.92 bits per heavy atom. The van der Waals surface area contributed by atoms with Crippen LogP contribution in [0.3, 0.4) is 0 Å². The van der Waals surface area contributed by atoms with E-state index in [9.17, 15) is 0 Å². The maximum Gasteiger partial charge on any atom is 0.194 e. The van der Waals surface area contributed by atoms with E-state index in [0.29, 0.717) is 6.54 Å². The third-order valence-electron chi connectivity index (χ3n) is 3.89. The van der Waals surface area contributed by atoms with Gasteiger partial charge in [0.2, 0.25) is 0 Å². The highest BCUT2D eigenvalue weighted by molar-refractivity contribution is 7.11. The Kier molecular flexibility index (Phi) is 6.85. The second-order valence-electron chi connectivity index (χ2n) is 6.01. The summed E-state index contributed by atoms with van der Waals surface area (Å²) in [4.78, 5) is 13.9. The van der Waals surface area contributed by atoms with Crippen molar-refractivity contribution in [2.45, 2.75) is 26.3 Å². The fraction of sp³-hybridized carbons (Fsp3) is 0.368. The lowest BCUT2D eigenvalue weighted by molar-refractivity contribution is 0.474. The molecule has 0 aliphatic heterocycles. The molecule has 7 heteroatoms. The standard InChI is InChI=1S/C19H24N4OS2/c1-15-13-21-18(26-15)8-10-23(2)19(22-14-17-6-4-12-25-17)20-9-7-16-5-3-11-24-16/h3-6,11-13H,7-10,14H2,1-2H3,(H,20,22). The number of nitrogens with zero attached hydrogens (tertiary/aromatic N) is 3. The van der Waals surface area contributed by atoms with E-state index in [-0.39, 0.29) is 0 Å². The van der Waals surface area contributed by atoms with E-state index in [1.165, 1.54) is 14.8 Å². The lowest BCUT2D eigenvalue weighted by Gasteiger charge is -2.22. The first-order valence-corrected chi connectivity index (χ1v) is 10.4. The van der Waals surface area contributed by atoms with Gasteiger partial charge < -0.3 is 14.6 Å². The van der Waals surface area contributed by atoms with E-state index in [4.69, 9.17) is 9.41 Å². The zero-order valence-electron chi connectivity index (χ0n) is 15.1. The summed E-state index contributed by atoms with van der Waals surface area (Å²) in [7, 11) is 2.08. The number of hydrogen-bond donors (Lipinski definition) is 1. The Morgan fingerprint density at radius 2 is 2.23 bits per heavy atom. The summed E-state index contributed by atoms with van der Waals surface area (Å²) >= 11 is 3.49. The molecule has 3 heterocycles. The molecule has 0 bridgehead atoms. The topological polar surface area (TPSA) is 53.7 Å². The van der Waals surface area contributed by atoms with Gasteiger partial charge in [0, 0.05) is 48.9 Å². The molecule has 0 aliphatic rings. The molecule has 5 nitrogen and oxygen atoms in total. The molecule has 138 valence electrons. The highest BCUT2D eigenvalue weighted by Gasteiger charge is 2.09. The van der Waals surface area contributed by atoms with Crippen LogP contribution in [0.2, 0.25) is 0 Å². The normalized spacial score (nSPS) is 11.7. The lowest BCUT2D eigenvalue weighted by atomic mass is 10.3. The number of thiophene rings is 1. The van der Waals surface area contributed by atoms with Crippen LogP contribution in [0.5, 0.6) is 0 Å². The number of rotatable bonds is 8. The number of hydrogen-bond acceptors (Lipinski definition) is 5. The van der Waals surface area contributed by atoms with Crippen LogP contribution < -0.4 is 5.32 Å². The molecule has 0 atom stereocenters. The Balaban J connectivity index is 1.57. The molecule has 0 aromatic carbocycles. The largest absolute Gasteiger partial charge is 0.469 e. The second kappa shape index (κ2) is 9.54. The number of thiazole rings is 1. The maximum atomic E-state index is 5.40. The van der Waals surface area contributed by atoms with Crippen LogP contribution in [0.15, 0.2) is 51.5 Å². The zero-order chi connectivity index (χ0) is 18.2. The summed E-state index contributed by atoms with van der Waals surface area (Å²) in [6, 6.07) is 8.10. The summed E-state index contributed by atoms with van der Waals surface area (Å²) < 4.78 is 5.40. The fourth-order valence-electron chi connectivity index (χ4n) is 2.51. The van der Waals surface area contributed by atoms with Gasteiger partial charge in [-0.2, -0.15) is 0 Å². The van der Waals surface area contributed by atoms with Gasteiger partial charge in [0.1, 0.15) is 5.76 Å². The Hall–Kier alpha value is -2.12. The van der Waals surface area contributed by atoms with E-state index in [1.807, 2.05) is 18.3 Å². The van der Waals surface area contributed by atoms with Crippen molar-refractivity contribution in [2.24, 2.45) is 4.99 Å². The molecule has 0 unspecified atom stereocenters. The van der Waals surface area contributed by atoms with Crippen molar-refractivity contribution in [3.05, 3.63) is 62.6 Å². The number of nitrogens with one attached hydrogen (secondary N) is 1. The van der Waals surface area contributed by atoms with Gasteiger partial charge in [-0.15, -0.1) is 22.7 Å². The van der Waals surface area contributed by atoms with E-state index < -0.39 is 0 Å². The number of aliphatic imine (C=N–C) groups is 1. The highest BCUT2D eigenvalue weighted by atomic mass is 32.1. The molecule has 3 aromatic rings. The van der Waals surface area contributed by atoms with Crippen LogP contribution >= 0.6 is 22.7 Å². The molecule has 1 N–H and O–H groups in total. The molecule has 26 heavy (non-hydrogen) atoms. The monoisotopic (exact) mass is 388 g/mol. The summed E-state index contributed by atoms with van der Waals surface area (Å²) in [5, 5.41) is 6.72. The van der Waals surface area contributed by atoms with Gasteiger partial charge in [-0.1, -0.05) is 6.07 Å². The molecule has 0 aliphatic carbocycles.